The zero-order valence-electron chi connectivity index (χ0n) is 10.2. The van der Waals surface area contributed by atoms with Crippen LogP contribution in [0, 0.1) is 5.92 Å². The standard InChI is InChI=1S/C13H18N2O2/c1-9(2)13(10-3-5-14-6-4-10)15-8-11(16)7-12(15)17/h3-6,9,11,13,16H,7-8H2,1-2H3. The van der Waals surface area contributed by atoms with Gasteiger partial charge in [0.1, 0.15) is 0 Å². The van der Waals surface area contributed by atoms with Gasteiger partial charge in [-0.15, -0.1) is 0 Å². The van der Waals surface area contributed by atoms with E-state index in [1.165, 1.54) is 0 Å². The van der Waals surface area contributed by atoms with Gasteiger partial charge in [0.15, 0.2) is 0 Å². The van der Waals surface area contributed by atoms with Crippen molar-refractivity contribution >= 4 is 5.91 Å². The highest BCUT2D eigenvalue weighted by Gasteiger charge is 2.35. The average Bonchev–Trinajstić information content (AvgIpc) is 2.59. The highest BCUT2D eigenvalue weighted by Crippen LogP contribution is 2.31. The SMILES string of the molecule is CC(C)C(c1ccncc1)N1CC(O)CC1=O. The summed E-state index contributed by atoms with van der Waals surface area (Å²) in [5.41, 5.74) is 1.08. The summed E-state index contributed by atoms with van der Waals surface area (Å²) in [4.78, 5) is 17.6. The number of pyridine rings is 1. The van der Waals surface area contributed by atoms with E-state index in [4.69, 9.17) is 0 Å². The van der Waals surface area contributed by atoms with Gasteiger partial charge in [0.25, 0.3) is 0 Å². The number of β-amino-alcohol motifs (C(OH)–C–C–N with tert-alkyl or cyclic N) is 1. The van der Waals surface area contributed by atoms with Crippen LogP contribution in [0.2, 0.25) is 0 Å². The minimum absolute atomic E-state index is 0.0302. The van der Waals surface area contributed by atoms with Crippen molar-refractivity contribution in [3.63, 3.8) is 0 Å². The zero-order valence-corrected chi connectivity index (χ0v) is 10.2. The maximum absolute atomic E-state index is 11.9. The molecule has 0 bridgehead atoms. The molecule has 2 unspecified atom stereocenters. The van der Waals surface area contributed by atoms with E-state index in [0.29, 0.717) is 12.5 Å². The Morgan fingerprint density at radius 3 is 2.53 bits per heavy atom. The van der Waals surface area contributed by atoms with Crippen molar-refractivity contribution in [1.29, 1.82) is 0 Å². The summed E-state index contributed by atoms with van der Waals surface area (Å²) >= 11 is 0. The number of aliphatic hydroxyl groups excluding tert-OH is 1. The molecule has 2 atom stereocenters. The molecule has 1 saturated heterocycles. The molecule has 1 aromatic heterocycles. The Morgan fingerprint density at radius 2 is 2.06 bits per heavy atom. The van der Waals surface area contributed by atoms with E-state index in [1.807, 2.05) is 12.1 Å². The largest absolute Gasteiger partial charge is 0.391 e. The van der Waals surface area contributed by atoms with Gasteiger partial charge in [-0.3, -0.25) is 9.78 Å². The van der Waals surface area contributed by atoms with Crippen LogP contribution in [0.1, 0.15) is 31.9 Å². The van der Waals surface area contributed by atoms with Gasteiger partial charge in [-0.2, -0.15) is 0 Å². The molecule has 0 spiro atoms. The first-order valence-corrected chi connectivity index (χ1v) is 5.97. The fourth-order valence-electron chi connectivity index (χ4n) is 2.47. The second-order valence-corrected chi connectivity index (χ2v) is 4.87. The van der Waals surface area contributed by atoms with E-state index in [2.05, 4.69) is 18.8 Å². The van der Waals surface area contributed by atoms with Crippen LogP contribution in [-0.4, -0.2) is 33.5 Å². The molecule has 0 radical (unpaired) electrons. The smallest absolute Gasteiger partial charge is 0.225 e. The molecule has 4 heteroatoms. The molecule has 1 N–H and O–H groups in total. The lowest BCUT2D eigenvalue weighted by Crippen LogP contribution is -2.33. The fraction of sp³-hybridized carbons (Fsp3) is 0.538. The van der Waals surface area contributed by atoms with Gasteiger partial charge < -0.3 is 10.0 Å². The highest BCUT2D eigenvalue weighted by molar-refractivity contribution is 5.79. The number of carbonyl (C=O) groups is 1. The molecule has 1 aliphatic heterocycles. The maximum Gasteiger partial charge on any atom is 0.225 e. The van der Waals surface area contributed by atoms with Gasteiger partial charge in [-0.1, -0.05) is 13.8 Å². The summed E-state index contributed by atoms with van der Waals surface area (Å²) in [5, 5.41) is 9.57. The van der Waals surface area contributed by atoms with Crippen LogP contribution in [0.3, 0.4) is 0 Å². The van der Waals surface area contributed by atoms with Gasteiger partial charge in [0.05, 0.1) is 18.6 Å². The third kappa shape index (κ3) is 2.47. The second kappa shape index (κ2) is 4.84. The monoisotopic (exact) mass is 234 g/mol. The third-order valence-electron chi connectivity index (χ3n) is 3.15. The molecule has 4 nitrogen and oxygen atoms in total. The highest BCUT2D eigenvalue weighted by atomic mass is 16.3. The molecule has 17 heavy (non-hydrogen) atoms. The number of amides is 1. The Bertz CT molecular complexity index is 392. The van der Waals surface area contributed by atoms with Crippen molar-refractivity contribution in [3.05, 3.63) is 30.1 Å². The molecule has 0 aliphatic carbocycles. The molecule has 1 aromatic rings. The van der Waals surface area contributed by atoms with Gasteiger partial charge in [-0.05, 0) is 23.6 Å². The van der Waals surface area contributed by atoms with Gasteiger partial charge in [0.2, 0.25) is 5.91 Å². The van der Waals surface area contributed by atoms with E-state index in [9.17, 15) is 9.90 Å². The minimum atomic E-state index is -0.523. The lowest BCUT2D eigenvalue weighted by molar-refractivity contribution is -0.130. The topological polar surface area (TPSA) is 53.4 Å². The third-order valence-corrected chi connectivity index (χ3v) is 3.15. The Kier molecular flexibility index (Phi) is 3.43. The van der Waals surface area contributed by atoms with E-state index < -0.39 is 6.10 Å². The van der Waals surface area contributed by atoms with E-state index in [-0.39, 0.29) is 18.4 Å². The Hall–Kier alpha value is -1.42. The van der Waals surface area contributed by atoms with Crippen molar-refractivity contribution in [2.45, 2.75) is 32.4 Å². The summed E-state index contributed by atoms with van der Waals surface area (Å²) in [6.07, 6.45) is 3.20. The molecular formula is C13H18N2O2. The van der Waals surface area contributed by atoms with Crippen molar-refractivity contribution < 1.29 is 9.90 Å². The lowest BCUT2D eigenvalue weighted by Gasteiger charge is -2.31. The van der Waals surface area contributed by atoms with Crippen LogP contribution in [0.5, 0.6) is 0 Å². The first kappa shape index (κ1) is 12.0. The number of rotatable bonds is 3. The van der Waals surface area contributed by atoms with Crippen molar-refractivity contribution in [2.24, 2.45) is 5.92 Å². The van der Waals surface area contributed by atoms with Crippen LogP contribution >= 0.6 is 0 Å². The van der Waals surface area contributed by atoms with Gasteiger partial charge in [0, 0.05) is 18.9 Å². The maximum atomic E-state index is 11.9. The van der Waals surface area contributed by atoms with E-state index >= 15 is 0 Å². The lowest BCUT2D eigenvalue weighted by atomic mass is 9.95. The molecule has 1 amide bonds. The molecule has 2 rings (SSSR count). The molecule has 0 aromatic carbocycles. The number of carbonyl (C=O) groups excluding carboxylic acids is 1. The summed E-state index contributed by atoms with van der Waals surface area (Å²) < 4.78 is 0. The summed E-state index contributed by atoms with van der Waals surface area (Å²) in [5.74, 6) is 0.347. The molecular weight excluding hydrogens is 216 g/mol. The van der Waals surface area contributed by atoms with E-state index in [1.54, 1.807) is 17.3 Å². The minimum Gasteiger partial charge on any atom is -0.391 e. The predicted octanol–water partition coefficient (Wildman–Crippen LogP) is 1.37. The number of aromatic nitrogens is 1. The van der Waals surface area contributed by atoms with Crippen LogP contribution in [-0.2, 0) is 4.79 Å². The molecule has 92 valence electrons. The van der Waals surface area contributed by atoms with E-state index in [0.717, 1.165) is 5.56 Å². The van der Waals surface area contributed by atoms with Gasteiger partial charge >= 0.3 is 0 Å². The number of nitrogens with zero attached hydrogens (tertiary/aromatic N) is 2. The summed E-state index contributed by atoms with van der Waals surface area (Å²) in [6, 6.07) is 3.90. The van der Waals surface area contributed by atoms with Crippen LogP contribution < -0.4 is 0 Å². The molecule has 2 heterocycles. The second-order valence-electron chi connectivity index (χ2n) is 4.87. The fourth-order valence-corrected chi connectivity index (χ4v) is 2.47. The van der Waals surface area contributed by atoms with Crippen LogP contribution in [0.15, 0.2) is 24.5 Å². The van der Waals surface area contributed by atoms with Crippen LogP contribution in [0.25, 0.3) is 0 Å². The Balaban J connectivity index is 2.27. The number of hydrogen-bond acceptors (Lipinski definition) is 3. The number of hydrogen-bond donors (Lipinski definition) is 1. The first-order chi connectivity index (χ1) is 8.09. The van der Waals surface area contributed by atoms with Crippen LogP contribution in [0.4, 0.5) is 0 Å². The summed E-state index contributed by atoms with van der Waals surface area (Å²) in [7, 11) is 0. The summed E-state index contributed by atoms with van der Waals surface area (Å²) in [6.45, 7) is 4.61. The predicted molar refractivity (Wildman–Crippen MR) is 64.2 cm³/mol. The zero-order chi connectivity index (χ0) is 12.4. The molecule has 0 saturated carbocycles. The van der Waals surface area contributed by atoms with Crippen molar-refractivity contribution in [2.75, 3.05) is 6.54 Å². The normalized spacial score (nSPS) is 22.2. The first-order valence-electron chi connectivity index (χ1n) is 5.97. The Morgan fingerprint density at radius 1 is 1.41 bits per heavy atom. The average molecular weight is 234 g/mol. The molecule has 1 fully saturated rings. The van der Waals surface area contributed by atoms with Crippen molar-refractivity contribution in [3.8, 4) is 0 Å². The van der Waals surface area contributed by atoms with Crippen molar-refractivity contribution in [1.82, 2.24) is 9.88 Å². The number of likely N-dealkylation sites (tertiary alicyclic amines) is 1. The molecule has 1 aliphatic rings. The quantitative estimate of drug-likeness (QED) is 0.859. The van der Waals surface area contributed by atoms with Gasteiger partial charge in [-0.25, -0.2) is 0 Å². The Labute approximate surface area is 101 Å². The number of aliphatic hydroxyl groups is 1.